The Balaban J connectivity index is 1.59. The van der Waals surface area contributed by atoms with Crippen molar-refractivity contribution in [1.82, 2.24) is 9.78 Å². The molecule has 1 N–H and O–H groups in total. The van der Waals surface area contributed by atoms with E-state index in [4.69, 9.17) is 12.2 Å². The Kier molecular flexibility index (Phi) is 6.24. The SMILES string of the molecule is CC(C)c1ccc(NC(=O)CSc2nn(-c3ccccc3)c(=S)s2)cc1. The molecule has 2 aromatic carbocycles. The Bertz CT molecular complexity index is 931. The number of benzene rings is 2. The third-order valence-electron chi connectivity index (χ3n) is 3.72. The Morgan fingerprint density at radius 3 is 2.54 bits per heavy atom. The number of nitrogens with one attached hydrogen (secondary N) is 1. The predicted octanol–water partition coefficient (Wildman–Crippen LogP) is 5.52. The maximum absolute atomic E-state index is 12.2. The molecule has 0 aliphatic carbocycles. The zero-order valence-corrected chi connectivity index (χ0v) is 17.0. The van der Waals surface area contributed by atoms with Crippen LogP contribution in [0.2, 0.25) is 0 Å². The van der Waals surface area contributed by atoms with Gasteiger partial charge in [0, 0.05) is 5.69 Å². The standard InChI is InChI=1S/C19H19N3OS3/c1-13(2)14-8-10-15(11-9-14)20-17(23)12-25-18-21-22(19(24)26-18)16-6-4-3-5-7-16/h3-11,13H,12H2,1-2H3,(H,20,23). The van der Waals surface area contributed by atoms with E-state index in [1.54, 1.807) is 4.68 Å². The van der Waals surface area contributed by atoms with Gasteiger partial charge in [0.05, 0.1) is 11.4 Å². The average Bonchev–Trinajstić information content (AvgIpc) is 3.02. The smallest absolute Gasteiger partial charge is 0.234 e. The van der Waals surface area contributed by atoms with Gasteiger partial charge in [0.15, 0.2) is 8.29 Å². The number of amides is 1. The maximum Gasteiger partial charge on any atom is 0.234 e. The van der Waals surface area contributed by atoms with Crippen molar-refractivity contribution < 1.29 is 4.79 Å². The average molecular weight is 402 g/mol. The molecule has 1 heterocycles. The van der Waals surface area contributed by atoms with E-state index >= 15 is 0 Å². The maximum atomic E-state index is 12.2. The summed E-state index contributed by atoms with van der Waals surface area (Å²) in [6.45, 7) is 4.29. The van der Waals surface area contributed by atoms with Crippen LogP contribution in [0, 0.1) is 3.95 Å². The van der Waals surface area contributed by atoms with Crippen LogP contribution in [0.4, 0.5) is 5.69 Å². The molecule has 3 aromatic rings. The number of aromatic nitrogens is 2. The van der Waals surface area contributed by atoms with Gasteiger partial charge in [0.25, 0.3) is 0 Å². The first-order chi connectivity index (χ1) is 12.5. The van der Waals surface area contributed by atoms with E-state index in [2.05, 4.69) is 24.3 Å². The zero-order valence-electron chi connectivity index (χ0n) is 14.5. The van der Waals surface area contributed by atoms with E-state index in [1.165, 1.54) is 28.7 Å². The third kappa shape index (κ3) is 4.81. The van der Waals surface area contributed by atoms with Crippen molar-refractivity contribution in [2.75, 3.05) is 11.1 Å². The van der Waals surface area contributed by atoms with Gasteiger partial charge in [-0.05, 0) is 48.0 Å². The number of thioether (sulfide) groups is 1. The molecule has 134 valence electrons. The van der Waals surface area contributed by atoms with Gasteiger partial charge in [-0.2, -0.15) is 0 Å². The molecule has 4 nitrogen and oxygen atoms in total. The van der Waals surface area contributed by atoms with Crippen LogP contribution in [0.5, 0.6) is 0 Å². The van der Waals surface area contributed by atoms with E-state index in [1.807, 2.05) is 54.6 Å². The van der Waals surface area contributed by atoms with Crippen LogP contribution in [0.15, 0.2) is 58.9 Å². The molecule has 3 rings (SSSR count). The summed E-state index contributed by atoms with van der Waals surface area (Å²) < 4.78 is 3.18. The van der Waals surface area contributed by atoms with Crippen molar-refractivity contribution >= 4 is 46.9 Å². The number of nitrogens with zero attached hydrogens (tertiary/aromatic N) is 2. The fourth-order valence-corrected chi connectivity index (χ4v) is 4.49. The summed E-state index contributed by atoms with van der Waals surface area (Å²) in [6.07, 6.45) is 0. The minimum absolute atomic E-state index is 0.0559. The number of hydrogen-bond donors (Lipinski definition) is 1. The van der Waals surface area contributed by atoms with Crippen LogP contribution in [-0.4, -0.2) is 21.4 Å². The molecule has 0 radical (unpaired) electrons. The summed E-state index contributed by atoms with van der Waals surface area (Å²) in [5.41, 5.74) is 2.99. The number of hydrogen-bond acceptors (Lipinski definition) is 5. The highest BCUT2D eigenvalue weighted by molar-refractivity contribution is 8.01. The number of para-hydroxylation sites is 1. The van der Waals surface area contributed by atoms with Gasteiger partial charge in [0.2, 0.25) is 5.91 Å². The molecule has 0 unspecified atom stereocenters. The first kappa shape index (κ1) is 18.8. The van der Waals surface area contributed by atoms with Crippen molar-refractivity contribution in [3.8, 4) is 5.69 Å². The minimum atomic E-state index is -0.0559. The number of rotatable bonds is 6. The monoisotopic (exact) mass is 401 g/mol. The number of carbonyl (C=O) groups excluding carboxylic acids is 1. The van der Waals surface area contributed by atoms with E-state index in [-0.39, 0.29) is 5.91 Å². The Morgan fingerprint density at radius 1 is 1.19 bits per heavy atom. The van der Waals surface area contributed by atoms with Gasteiger partial charge < -0.3 is 5.32 Å². The molecule has 1 amide bonds. The largest absolute Gasteiger partial charge is 0.325 e. The van der Waals surface area contributed by atoms with Gasteiger partial charge in [-0.1, -0.05) is 67.3 Å². The molecule has 7 heteroatoms. The fraction of sp³-hybridized carbons (Fsp3) is 0.211. The van der Waals surface area contributed by atoms with Gasteiger partial charge in [-0.25, -0.2) is 4.68 Å². The van der Waals surface area contributed by atoms with Crippen LogP contribution in [0.25, 0.3) is 5.69 Å². The lowest BCUT2D eigenvalue weighted by atomic mass is 10.0. The van der Waals surface area contributed by atoms with E-state index < -0.39 is 0 Å². The number of anilines is 1. The molecule has 0 spiro atoms. The summed E-state index contributed by atoms with van der Waals surface area (Å²) in [7, 11) is 0. The van der Waals surface area contributed by atoms with Crippen molar-refractivity contribution in [2.45, 2.75) is 24.1 Å². The fourth-order valence-electron chi connectivity index (χ4n) is 2.33. The van der Waals surface area contributed by atoms with Crippen LogP contribution >= 0.6 is 35.3 Å². The molecule has 0 aliphatic heterocycles. The van der Waals surface area contributed by atoms with Crippen LogP contribution in [0.3, 0.4) is 0 Å². The minimum Gasteiger partial charge on any atom is -0.325 e. The van der Waals surface area contributed by atoms with Crippen LogP contribution < -0.4 is 5.32 Å². The van der Waals surface area contributed by atoms with Crippen LogP contribution in [-0.2, 0) is 4.79 Å². The van der Waals surface area contributed by atoms with Gasteiger partial charge >= 0.3 is 0 Å². The second kappa shape index (κ2) is 8.62. The predicted molar refractivity (Wildman–Crippen MR) is 112 cm³/mol. The zero-order chi connectivity index (χ0) is 18.5. The third-order valence-corrected chi connectivity index (χ3v) is 6.08. The normalized spacial score (nSPS) is 10.9. The lowest BCUT2D eigenvalue weighted by Gasteiger charge is -2.08. The molecular weight excluding hydrogens is 382 g/mol. The highest BCUT2D eigenvalue weighted by Crippen LogP contribution is 2.24. The van der Waals surface area contributed by atoms with E-state index in [9.17, 15) is 4.79 Å². The lowest BCUT2D eigenvalue weighted by molar-refractivity contribution is -0.113. The summed E-state index contributed by atoms with van der Waals surface area (Å²) in [4.78, 5) is 12.2. The molecule has 0 atom stereocenters. The molecule has 0 fully saturated rings. The second-order valence-corrected chi connectivity index (χ2v) is 8.84. The number of carbonyl (C=O) groups is 1. The van der Waals surface area contributed by atoms with Crippen molar-refractivity contribution in [2.24, 2.45) is 0 Å². The van der Waals surface area contributed by atoms with Gasteiger partial charge in [-0.3, -0.25) is 4.79 Å². The molecule has 0 aliphatic rings. The van der Waals surface area contributed by atoms with E-state index in [0.29, 0.717) is 15.6 Å². The van der Waals surface area contributed by atoms with Gasteiger partial charge in [-0.15, -0.1) is 5.10 Å². The molecule has 0 bridgehead atoms. The molecule has 0 saturated carbocycles. The first-order valence-electron chi connectivity index (χ1n) is 8.21. The van der Waals surface area contributed by atoms with E-state index in [0.717, 1.165) is 15.7 Å². The van der Waals surface area contributed by atoms with Crippen molar-refractivity contribution in [3.05, 3.63) is 64.1 Å². The van der Waals surface area contributed by atoms with Gasteiger partial charge in [0.1, 0.15) is 0 Å². The highest BCUT2D eigenvalue weighted by atomic mass is 32.2. The summed E-state index contributed by atoms with van der Waals surface area (Å²) in [5.74, 6) is 0.715. The molecule has 0 saturated heterocycles. The topological polar surface area (TPSA) is 46.9 Å². The summed E-state index contributed by atoms with van der Waals surface area (Å²) in [6, 6.07) is 17.7. The first-order valence-corrected chi connectivity index (χ1v) is 10.4. The Labute approximate surface area is 166 Å². The molecular formula is C19H19N3OS3. The molecule has 26 heavy (non-hydrogen) atoms. The van der Waals surface area contributed by atoms with Crippen molar-refractivity contribution in [1.29, 1.82) is 0 Å². The Hall–Kier alpha value is -1.96. The Morgan fingerprint density at radius 2 is 1.88 bits per heavy atom. The highest BCUT2D eigenvalue weighted by Gasteiger charge is 2.09. The summed E-state index contributed by atoms with van der Waals surface area (Å²) >= 11 is 8.18. The molecule has 1 aromatic heterocycles. The summed E-state index contributed by atoms with van der Waals surface area (Å²) in [5, 5.41) is 7.42. The second-order valence-electron chi connectivity index (χ2n) is 5.99. The van der Waals surface area contributed by atoms with Crippen LogP contribution in [0.1, 0.15) is 25.3 Å². The van der Waals surface area contributed by atoms with Crippen molar-refractivity contribution in [3.63, 3.8) is 0 Å². The quantitative estimate of drug-likeness (QED) is 0.436. The lowest BCUT2D eigenvalue weighted by Crippen LogP contribution is -2.14.